The third-order valence-electron chi connectivity index (χ3n) is 5.46. The lowest BCUT2D eigenvalue weighted by Crippen LogP contribution is -2.30. The van der Waals surface area contributed by atoms with Gasteiger partial charge in [-0.1, -0.05) is 63.2 Å². The quantitative estimate of drug-likeness (QED) is 0.546. The summed E-state index contributed by atoms with van der Waals surface area (Å²) >= 11 is 0. The number of aromatic carboxylic acids is 1. The normalized spacial score (nSPS) is 11.2. The Hall–Kier alpha value is -3.48. The number of rotatable bonds is 8. The average molecular weight is 438 g/mol. The number of hydrogen-bond donors (Lipinski definition) is 1. The minimum absolute atomic E-state index is 0.0299. The van der Waals surface area contributed by atoms with E-state index in [-0.39, 0.29) is 24.2 Å². The Kier molecular flexibility index (Phi) is 7.08. The fourth-order valence-electron chi connectivity index (χ4n) is 3.66. The van der Waals surface area contributed by atoms with Gasteiger partial charge in [0.1, 0.15) is 0 Å². The molecule has 0 radical (unpaired) electrons. The number of imidazole rings is 1. The van der Waals surface area contributed by atoms with Gasteiger partial charge in [-0.3, -0.25) is 9.36 Å². The fraction of sp³-hybridized carbons (Fsp3) is 0.320. The van der Waals surface area contributed by atoms with E-state index < -0.39 is 23.5 Å². The van der Waals surface area contributed by atoms with Crippen molar-refractivity contribution in [3.63, 3.8) is 0 Å². The number of carboxylic acid groups (broad SMARTS) is 1. The van der Waals surface area contributed by atoms with Crippen molar-refractivity contribution in [2.75, 3.05) is 0 Å². The lowest BCUT2D eigenvalue weighted by Gasteiger charge is -2.10. The van der Waals surface area contributed by atoms with E-state index in [1.165, 1.54) is 4.57 Å². The molecule has 0 fully saturated rings. The Morgan fingerprint density at radius 2 is 1.72 bits per heavy atom. The molecule has 32 heavy (non-hydrogen) atoms. The molecule has 1 heterocycles. The van der Waals surface area contributed by atoms with E-state index in [0.717, 1.165) is 11.1 Å². The highest BCUT2D eigenvalue weighted by atomic mass is 19.1. The largest absolute Gasteiger partial charge is 0.478 e. The minimum atomic E-state index is -1.01. The highest BCUT2D eigenvalue weighted by molar-refractivity contribution is 5.96. The summed E-state index contributed by atoms with van der Waals surface area (Å²) in [6, 6.07) is 13.8. The first-order chi connectivity index (χ1) is 15.2. The summed E-state index contributed by atoms with van der Waals surface area (Å²) in [6.45, 7) is 5.74. The maximum Gasteiger partial charge on any atom is 0.337 e. The first-order valence-corrected chi connectivity index (χ1v) is 10.7. The summed E-state index contributed by atoms with van der Waals surface area (Å²) in [5.41, 5.74) is 1.82. The Morgan fingerprint density at radius 1 is 1.06 bits per heavy atom. The molecule has 0 bridgehead atoms. The van der Waals surface area contributed by atoms with Crippen LogP contribution in [0.2, 0.25) is 0 Å². The van der Waals surface area contributed by atoms with Gasteiger partial charge in [-0.05, 0) is 41.5 Å². The van der Waals surface area contributed by atoms with Crippen molar-refractivity contribution in [2.45, 2.75) is 46.6 Å². The third-order valence-corrected chi connectivity index (χ3v) is 5.46. The second-order valence-corrected chi connectivity index (χ2v) is 8.17. The summed E-state index contributed by atoms with van der Waals surface area (Å²) in [4.78, 5) is 36.5. The van der Waals surface area contributed by atoms with Crippen LogP contribution >= 0.6 is 0 Å². The average Bonchev–Trinajstić information content (AvgIpc) is 3.01. The lowest BCUT2D eigenvalue weighted by atomic mass is 9.98. The van der Waals surface area contributed by atoms with Crippen LogP contribution in [0.4, 0.5) is 4.39 Å². The van der Waals surface area contributed by atoms with E-state index >= 15 is 4.39 Å². The van der Waals surface area contributed by atoms with Gasteiger partial charge in [0.15, 0.2) is 0 Å². The van der Waals surface area contributed by atoms with Crippen LogP contribution in [0.3, 0.4) is 0 Å². The molecular formula is C25H27FN2O4. The van der Waals surface area contributed by atoms with Crippen LogP contribution in [0.25, 0.3) is 11.1 Å². The molecule has 0 aliphatic heterocycles. The summed E-state index contributed by atoms with van der Waals surface area (Å²) in [5, 5.41) is 9.42. The van der Waals surface area contributed by atoms with Crippen molar-refractivity contribution in [1.82, 2.24) is 9.13 Å². The number of carbonyl (C=O) groups is 2. The van der Waals surface area contributed by atoms with Crippen molar-refractivity contribution in [3.05, 3.63) is 81.8 Å². The molecule has 0 atom stereocenters. The van der Waals surface area contributed by atoms with Gasteiger partial charge in [0.25, 0.3) is 0 Å². The predicted molar refractivity (Wildman–Crippen MR) is 121 cm³/mol. The monoisotopic (exact) mass is 438 g/mol. The standard InChI is InChI=1S/C25H27FN2O4/c1-4-22(29)28-23(26)21(14-9-16(2)3)27(25(28)32)15-17-10-12-18(13-11-17)19-7-5-6-8-20(19)24(30)31/h5-8,10-13,16H,4,9,14-15H2,1-3H3,(H,30,31). The van der Waals surface area contributed by atoms with Crippen molar-refractivity contribution in [3.8, 4) is 11.1 Å². The molecule has 1 aromatic heterocycles. The zero-order valence-corrected chi connectivity index (χ0v) is 18.5. The smallest absolute Gasteiger partial charge is 0.337 e. The van der Waals surface area contributed by atoms with E-state index in [1.807, 2.05) is 13.8 Å². The summed E-state index contributed by atoms with van der Waals surface area (Å²) < 4.78 is 17.0. The van der Waals surface area contributed by atoms with Crippen molar-refractivity contribution in [1.29, 1.82) is 0 Å². The molecule has 1 N–H and O–H groups in total. The molecule has 6 nitrogen and oxygen atoms in total. The summed E-state index contributed by atoms with van der Waals surface area (Å²) in [6.07, 6.45) is 1.07. The van der Waals surface area contributed by atoms with Crippen LogP contribution in [-0.4, -0.2) is 26.1 Å². The first-order valence-electron chi connectivity index (χ1n) is 10.7. The molecule has 0 aliphatic carbocycles. The molecule has 0 saturated heterocycles. The molecule has 0 spiro atoms. The van der Waals surface area contributed by atoms with Gasteiger partial charge < -0.3 is 5.11 Å². The highest BCUT2D eigenvalue weighted by Gasteiger charge is 2.23. The van der Waals surface area contributed by atoms with Crippen LogP contribution < -0.4 is 5.69 Å². The van der Waals surface area contributed by atoms with E-state index in [1.54, 1.807) is 55.5 Å². The van der Waals surface area contributed by atoms with Gasteiger partial charge >= 0.3 is 11.7 Å². The van der Waals surface area contributed by atoms with Crippen LogP contribution in [0, 0.1) is 11.9 Å². The number of carbonyl (C=O) groups excluding carboxylic acids is 1. The second kappa shape index (κ2) is 9.77. The van der Waals surface area contributed by atoms with Crippen molar-refractivity contribution >= 4 is 11.9 Å². The Bertz CT molecular complexity index is 1190. The molecule has 0 aliphatic rings. The zero-order chi connectivity index (χ0) is 23.4. The topological polar surface area (TPSA) is 81.3 Å². The fourth-order valence-corrected chi connectivity index (χ4v) is 3.66. The molecule has 2 aromatic carbocycles. The van der Waals surface area contributed by atoms with Crippen LogP contribution in [0.5, 0.6) is 0 Å². The number of nitrogens with zero attached hydrogens (tertiary/aromatic N) is 2. The van der Waals surface area contributed by atoms with Crippen LogP contribution in [-0.2, 0) is 13.0 Å². The maximum atomic E-state index is 15.0. The number of carboxylic acids is 1. The van der Waals surface area contributed by atoms with Gasteiger partial charge in [-0.25, -0.2) is 14.2 Å². The highest BCUT2D eigenvalue weighted by Crippen LogP contribution is 2.24. The Balaban J connectivity index is 1.97. The van der Waals surface area contributed by atoms with E-state index in [4.69, 9.17) is 0 Å². The maximum absolute atomic E-state index is 15.0. The molecule has 3 rings (SSSR count). The molecule has 0 saturated carbocycles. The molecule has 3 aromatic rings. The first kappa shape index (κ1) is 23.2. The summed E-state index contributed by atoms with van der Waals surface area (Å²) in [7, 11) is 0. The Labute approximate surface area is 185 Å². The SMILES string of the molecule is CCC(=O)n1c(F)c(CCC(C)C)n(Cc2ccc(-c3ccccc3C(=O)O)cc2)c1=O. The summed E-state index contributed by atoms with van der Waals surface area (Å²) in [5.74, 6) is -2.05. The van der Waals surface area contributed by atoms with Crippen molar-refractivity contribution in [2.24, 2.45) is 5.92 Å². The van der Waals surface area contributed by atoms with Gasteiger partial charge in [-0.15, -0.1) is 0 Å². The van der Waals surface area contributed by atoms with Gasteiger partial charge in [0, 0.05) is 6.42 Å². The van der Waals surface area contributed by atoms with E-state index in [2.05, 4.69) is 0 Å². The molecule has 0 unspecified atom stereocenters. The van der Waals surface area contributed by atoms with Gasteiger partial charge in [-0.2, -0.15) is 4.39 Å². The van der Waals surface area contributed by atoms with Gasteiger partial charge in [0.05, 0.1) is 17.8 Å². The predicted octanol–water partition coefficient (Wildman–Crippen LogP) is 4.84. The van der Waals surface area contributed by atoms with Crippen molar-refractivity contribution < 1.29 is 19.1 Å². The molecule has 0 amide bonds. The van der Waals surface area contributed by atoms with Crippen LogP contribution in [0.1, 0.15) is 60.0 Å². The van der Waals surface area contributed by atoms with E-state index in [0.29, 0.717) is 28.9 Å². The lowest BCUT2D eigenvalue weighted by molar-refractivity contribution is 0.0697. The second-order valence-electron chi connectivity index (χ2n) is 8.17. The van der Waals surface area contributed by atoms with Gasteiger partial charge in [0.2, 0.25) is 11.9 Å². The van der Waals surface area contributed by atoms with E-state index in [9.17, 15) is 19.5 Å². The molecule has 168 valence electrons. The number of hydrogen-bond acceptors (Lipinski definition) is 3. The Morgan fingerprint density at radius 3 is 2.31 bits per heavy atom. The molecular weight excluding hydrogens is 411 g/mol. The number of aromatic nitrogens is 2. The number of benzene rings is 2. The zero-order valence-electron chi connectivity index (χ0n) is 18.5. The molecule has 7 heteroatoms. The number of halogens is 1. The van der Waals surface area contributed by atoms with Crippen LogP contribution in [0.15, 0.2) is 53.3 Å². The minimum Gasteiger partial charge on any atom is -0.478 e. The third kappa shape index (κ3) is 4.72.